The molecule has 0 saturated heterocycles. The fraction of sp³-hybridized carbons (Fsp3) is 0.625. The summed E-state index contributed by atoms with van der Waals surface area (Å²) in [6, 6.07) is 2.16. The van der Waals surface area contributed by atoms with Crippen molar-refractivity contribution < 1.29 is 5.11 Å². The lowest BCUT2D eigenvalue weighted by Gasteiger charge is -2.61. The zero-order valence-corrected chi connectivity index (χ0v) is 21.0. The molecule has 3 spiro atoms. The van der Waals surface area contributed by atoms with Gasteiger partial charge in [-0.3, -0.25) is 0 Å². The van der Waals surface area contributed by atoms with E-state index in [0.717, 1.165) is 18.8 Å². The zero-order valence-electron chi connectivity index (χ0n) is 21.0. The molecule has 1 aromatic heterocycles. The molecule has 6 aliphatic carbocycles. The predicted octanol–water partition coefficient (Wildman–Crippen LogP) is 7.02. The fourth-order valence-electron chi connectivity index (χ4n) is 10.9. The number of H-pyrrole nitrogens is 1. The lowest BCUT2D eigenvalue weighted by Crippen LogP contribution is -2.53. The highest BCUT2D eigenvalue weighted by Crippen LogP contribution is 2.89. The molecular formula is C32H41NO. The molecule has 0 aromatic carbocycles. The van der Waals surface area contributed by atoms with Gasteiger partial charge in [0, 0.05) is 29.8 Å². The van der Waals surface area contributed by atoms with Crippen LogP contribution in [0.2, 0.25) is 0 Å². The Labute approximate surface area is 205 Å². The van der Waals surface area contributed by atoms with Crippen molar-refractivity contribution in [2.75, 3.05) is 6.61 Å². The Balaban J connectivity index is 1.27. The van der Waals surface area contributed by atoms with Gasteiger partial charge < -0.3 is 10.1 Å². The Morgan fingerprint density at radius 3 is 2.94 bits per heavy atom. The first-order chi connectivity index (χ1) is 16.4. The van der Waals surface area contributed by atoms with E-state index in [9.17, 15) is 5.11 Å². The largest absolute Gasteiger partial charge is 0.396 e. The molecule has 1 aromatic rings. The third kappa shape index (κ3) is 2.37. The van der Waals surface area contributed by atoms with Gasteiger partial charge in [-0.1, -0.05) is 62.0 Å². The minimum atomic E-state index is 0.275. The van der Waals surface area contributed by atoms with Gasteiger partial charge in [-0.05, 0) is 103 Å². The summed E-state index contributed by atoms with van der Waals surface area (Å²) >= 11 is 0. The van der Waals surface area contributed by atoms with Crippen LogP contribution in [0.1, 0.15) is 64.4 Å². The summed E-state index contributed by atoms with van der Waals surface area (Å²) in [6.45, 7) is 10.0. The Morgan fingerprint density at radius 1 is 1.26 bits per heavy atom. The van der Waals surface area contributed by atoms with Crippen molar-refractivity contribution in [3.05, 3.63) is 72.1 Å². The van der Waals surface area contributed by atoms with Crippen molar-refractivity contribution in [3.8, 4) is 0 Å². The van der Waals surface area contributed by atoms with E-state index < -0.39 is 0 Å². The Hall–Kier alpha value is -1.80. The average molecular weight is 456 g/mol. The van der Waals surface area contributed by atoms with Crippen molar-refractivity contribution >= 4 is 0 Å². The van der Waals surface area contributed by atoms with Gasteiger partial charge in [0.1, 0.15) is 0 Å². The van der Waals surface area contributed by atoms with Crippen molar-refractivity contribution in [2.45, 2.75) is 65.2 Å². The van der Waals surface area contributed by atoms with Gasteiger partial charge in [-0.25, -0.2) is 0 Å². The second-order valence-corrected chi connectivity index (χ2v) is 13.4. The van der Waals surface area contributed by atoms with E-state index in [2.05, 4.69) is 68.1 Å². The first-order valence-corrected chi connectivity index (χ1v) is 13.9. The number of hydrogen-bond acceptors (Lipinski definition) is 1. The van der Waals surface area contributed by atoms with E-state index in [0.29, 0.717) is 46.5 Å². The van der Waals surface area contributed by atoms with Crippen LogP contribution in [0.25, 0.3) is 0 Å². The molecular weight excluding hydrogens is 414 g/mol. The molecule has 2 bridgehead atoms. The summed E-state index contributed by atoms with van der Waals surface area (Å²) in [7, 11) is 0. The maximum atomic E-state index is 10.2. The molecule has 34 heavy (non-hydrogen) atoms. The number of nitrogens with one attached hydrogen (secondary N) is 1. The van der Waals surface area contributed by atoms with Crippen LogP contribution in [-0.4, -0.2) is 16.7 Å². The monoisotopic (exact) mass is 455 g/mol. The number of allylic oxidation sites excluding steroid dienone is 7. The molecule has 180 valence electrons. The van der Waals surface area contributed by atoms with Crippen LogP contribution in [0.15, 0.2) is 66.6 Å². The van der Waals surface area contributed by atoms with Crippen molar-refractivity contribution in [1.29, 1.82) is 0 Å². The molecule has 2 heteroatoms. The molecule has 6 aliphatic rings. The molecule has 1 heterocycles. The second-order valence-electron chi connectivity index (χ2n) is 13.4. The summed E-state index contributed by atoms with van der Waals surface area (Å²) < 4.78 is 0. The molecule has 2 N–H and O–H groups in total. The van der Waals surface area contributed by atoms with Crippen LogP contribution in [0, 0.1) is 51.2 Å². The van der Waals surface area contributed by atoms with Gasteiger partial charge in [0.2, 0.25) is 0 Å². The molecule has 7 rings (SSSR count). The average Bonchev–Trinajstić information content (AvgIpc) is 3.17. The first kappa shape index (κ1) is 21.5. The van der Waals surface area contributed by atoms with Crippen molar-refractivity contribution in [1.82, 2.24) is 4.98 Å². The van der Waals surface area contributed by atoms with Gasteiger partial charge in [0.15, 0.2) is 0 Å². The minimum absolute atomic E-state index is 0.275. The summed E-state index contributed by atoms with van der Waals surface area (Å²) in [5, 5.41) is 10.2. The number of hydrogen-bond donors (Lipinski definition) is 2. The number of aliphatic hydroxyl groups is 1. The molecule has 2 nitrogen and oxygen atoms in total. The van der Waals surface area contributed by atoms with Crippen LogP contribution >= 0.6 is 0 Å². The van der Waals surface area contributed by atoms with Gasteiger partial charge in [0.05, 0.1) is 0 Å². The molecule has 0 unspecified atom stereocenters. The Bertz CT molecular complexity index is 1100. The SMILES string of the molecule is C=C1C=C2[C@@]34CC[C@@H]5CC=C[C@@]6([C@@H]1C6(C)C)[C@@]25CC=C[C@H]3C[C@@H](C[C@H](CO)Cc1cc[nH]c1)C4. The Kier molecular flexibility index (Phi) is 4.36. The summed E-state index contributed by atoms with van der Waals surface area (Å²) in [5.74, 6) is 3.12. The number of aliphatic hydroxyl groups excluding tert-OH is 1. The zero-order chi connectivity index (χ0) is 23.3. The smallest absolute Gasteiger partial charge is 0.0462 e. The topological polar surface area (TPSA) is 36.0 Å². The third-order valence-electron chi connectivity index (χ3n) is 11.9. The van der Waals surface area contributed by atoms with Crippen LogP contribution in [0.3, 0.4) is 0 Å². The maximum absolute atomic E-state index is 10.2. The number of rotatable bonds is 5. The number of aromatic amines is 1. The normalized spacial score (nSPS) is 45.6. The van der Waals surface area contributed by atoms with E-state index in [4.69, 9.17) is 0 Å². The highest BCUT2D eigenvalue weighted by molar-refractivity contribution is 5.57. The minimum Gasteiger partial charge on any atom is -0.396 e. The molecule has 3 saturated carbocycles. The molecule has 8 atom stereocenters. The molecule has 3 fully saturated rings. The summed E-state index contributed by atoms with van der Waals surface area (Å²) in [6.07, 6.45) is 27.2. The lowest BCUT2D eigenvalue weighted by molar-refractivity contribution is 0.00296. The highest BCUT2D eigenvalue weighted by atomic mass is 16.3. The standard InChI is InChI=1S/C32H41NO/c1-21-14-27-30-12-8-25-6-5-11-32(28(21)29(32,2)3)31(25,27)10-4-7-26(30)17-23(18-30)16-24(20-34)15-22-9-13-33-19-22/h4-5,7,9,11,13-14,19,23-26,28,33-34H,1,6,8,10,12,15-18,20H2,2-3H3/t23-,24-,25+,26+,28+,30-,31-,32+/m1/s1. The summed E-state index contributed by atoms with van der Waals surface area (Å²) in [5.41, 5.74) is 5.75. The highest BCUT2D eigenvalue weighted by Gasteiger charge is 2.83. The van der Waals surface area contributed by atoms with Crippen LogP contribution < -0.4 is 0 Å². The van der Waals surface area contributed by atoms with E-state index >= 15 is 0 Å². The molecule has 0 amide bonds. The Morgan fingerprint density at radius 2 is 2.15 bits per heavy atom. The first-order valence-electron chi connectivity index (χ1n) is 13.9. The second kappa shape index (κ2) is 6.90. The summed E-state index contributed by atoms with van der Waals surface area (Å²) in [4.78, 5) is 3.18. The van der Waals surface area contributed by atoms with E-state index in [1.54, 1.807) is 0 Å². The van der Waals surface area contributed by atoms with Crippen molar-refractivity contribution in [3.63, 3.8) is 0 Å². The maximum Gasteiger partial charge on any atom is 0.0462 e. The molecule has 0 aliphatic heterocycles. The van der Waals surface area contributed by atoms with Crippen LogP contribution in [0.5, 0.6) is 0 Å². The lowest BCUT2D eigenvalue weighted by atomic mass is 9.42. The van der Waals surface area contributed by atoms with E-state index in [1.807, 2.05) is 11.8 Å². The van der Waals surface area contributed by atoms with Gasteiger partial charge in [-0.2, -0.15) is 0 Å². The predicted molar refractivity (Wildman–Crippen MR) is 138 cm³/mol. The van der Waals surface area contributed by atoms with Crippen molar-refractivity contribution in [2.24, 2.45) is 51.2 Å². The fourth-order valence-corrected chi connectivity index (χ4v) is 10.9. The van der Waals surface area contributed by atoms with Crippen LogP contribution in [0.4, 0.5) is 0 Å². The van der Waals surface area contributed by atoms with Gasteiger partial charge in [0.25, 0.3) is 0 Å². The van der Waals surface area contributed by atoms with Gasteiger partial charge in [-0.15, -0.1) is 0 Å². The molecule has 0 radical (unpaired) electrons. The van der Waals surface area contributed by atoms with E-state index in [1.165, 1.54) is 49.7 Å². The third-order valence-corrected chi connectivity index (χ3v) is 11.9. The van der Waals surface area contributed by atoms with Crippen LogP contribution in [-0.2, 0) is 6.42 Å². The number of aromatic nitrogens is 1. The van der Waals surface area contributed by atoms with E-state index in [-0.39, 0.29) is 5.41 Å². The van der Waals surface area contributed by atoms with Gasteiger partial charge >= 0.3 is 0 Å². The quantitative estimate of drug-likeness (QED) is 0.460.